The molecule has 0 bridgehead atoms. The topological polar surface area (TPSA) is 351 Å². The zero-order valence-corrected chi connectivity index (χ0v) is 61.3. The van der Waals surface area contributed by atoms with Crippen LogP contribution in [0.1, 0.15) is 317 Å². The Balaban J connectivity index is 2.50. The van der Waals surface area contributed by atoms with Crippen molar-refractivity contribution >= 4 is 45.1 Å². The fraction of sp³-hybridized carbons (Fsp3) is 0.929. The lowest BCUT2D eigenvalue weighted by molar-refractivity contribution is -0.306. The average molecular weight is 1410 g/mol. The van der Waals surface area contributed by atoms with Crippen LogP contribution in [0.4, 0.5) is 0 Å². The predicted octanol–water partition coefficient (Wildman–Crippen LogP) is 13.0. The molecule has 24 nitrogen and oxygen atoms in total. The highest BCUT2D eigenvalue weighted by Gasteiger charge is 2.53. The summed E-state index contributed by atoms with van der Waals surface area (Å²) in [5.41, 5.74) is 0. The van der Waals surface area contributed by atoms with Crippen LogP contribution in [0.25, 0.3) is 0 Å². The van der Waals surface area contributed by atoms with Gasteiger partial charge in [0.1, 0.15) is 54.9 Å². The summed E-state index contributed by atoms with van der Waals surface area (Å²) in [4.78, 5) is 107. The van der Waals surface area contributed by atoms with E-state index in [1.54, 1.807) is 0 Å². The Labute approximate surface area is 576 Å². The van der Waals surface area contributed by atoms with E-state index in [4.69, 9.17) is 32.9 Å². The normalized spacial score (nSPS) is 21.5. The number of unbranched alkanes of at least 4 members (excludes halogenated alkanes) is 35. The van der Waals surface area contributed by atoms with Crippen LogP contribution in [0.5, 0.6) is 0 Å². The Hall–Kier alpha value is -2.51. The molecular weight excluding hydrogens is 1280 g/mol. The van der Waals surface area contributed by atoms with Gasteiger partial charge in [-0.3, -0.25) is 33.0 Å². The molecule has 96 heavy (non-hydrogen) atoms. The van der Waals surface area contributed by atoms with Crippen molar-refractivity contribution in [3.05, 3.63) is 0 Å². The molecule has 26 heteroatoms. The van der Waals surface area contributed by atoms with E-state index in [9.17, 15) is 62.9 Å². The number of Topliss-reactive ketones (excluding diaryl/α,β-unsaturated/α-hetero) is 1. The Kier molecular flexibility index (Phi) is 53.2. The van der Waals surface area contributed by atoms with Crippen LogP contribution in [0, 0.1) is 0 Å². The van der Waals surface area contributed by atoms with Crippen molar-refractivity contribution in [2.45, 2.75) is 378 Å². The Morgan fingerprint density at radius 2 is 0.781 bits per heavy atom. The van der Waals surface area contributed by atoms with Crippen molar-refractivity contribution in [2.24, 2.45) is 0 Å². The molecule has 564 valence electrons. The smallest absolute Gasteiger partial charge is 0.456 e. The maximum absolute atomic E-state index is 14.1. The molecule has 0 unspecified atom stereocenters. The van der Waals surface area contributed by atoms with Gasteiger partial charge in [0.05, 0.1) is 26.4 Å². The molecule has 2 aliphatic rings. The maximum Gasteiger partial charge on any atom is 0.470 e. The predicted molar refractivity (Wildman–Crippen MR) is 369 cm³/mol. The lowest BCUT2D eigenvalue weighted by atomic mass is 9.95. The molecule has 0 aromatic carbocycles. The van der Waals surface area contributed by atoms with E-state index in [0.29, 0.717) is 25.7 Å². The molecule has 0 aromatic heterocycles. The summed E-state index contributed by atoms with van der Waals surface area (Å²) in [7, 11) is -10.4. The summed E-state index contributed by atoms with van der Waals surface area (Å²) in [6.45, 7) is 5.13. The van der Waals surface area contributed by atoms with Gasteiger partial charge in [0, 0.05) is 38.7 Å². The number of hydrogen-bond acceptors (Lipinski definition) is 17. The largest absolute Gasteiger partial charge is 0.470 e. The molecule has 2 rings (SSSR count). The van der Waals surface area contributed by atoms with E-state index in [-0.39, 0.29) is 44.5 Å². The first-order chi connectivity index (χ1) is 46.3. The highest BCUT2D eigenvalue weighted by molar-refractivity contribution is 7.46. The number of nitrogens with one attached hydrogen (secondary N) is 3. The average Bonchev–Trinajstić information content (AvgIpc) is 0.790. The molecule has 0 spiro atoms. The zero-order chi connectivity index (χ0) is 70.5. The summed E-state index contributed by atoms with van der Waals surface area (Å²) >= 11 is 0. The van der Waals surface area contributed by atoms with Crippen molar-refractivity contribution in [3.8, 4) is 0 Å². The second-order valence-electron chi connectivity index (χ2n) is 26.6. The van der Waals surface area contributed by atoms with Gasteiger partial charge < -0.3 is 74.2 Å². The number of carbonyl (C=O) groups excluding carboxylic acids is 5. The van der Waals surface area contributed by atoms with Gasteiger partial charge in [-0.25, -0.2) is 9.13 Å². The number of rotatable bonds is 64. The molecule has 0 aliphatic carbocycles. The number of phosphoric acid groups is 2. The summed E-state index contributed by atoms with van der Waals surface area (Å²) in [5.74, 6) is -2.40. The third-order valence-corrected chi connectivity index (χ3v) is 18.9. The summed E-state index contributed by atoms with van der Waals surface area (Å²) in [5, 5.41) is 31.4. The second kappa shape index (κ2) is 57.1. The second-order valence-corrected chi connectivity index (χ2v) is 29.0. The quantitative estimate of drug-likeness (QED) is 0.0155. The molecule has 10 atom stereocenters. The van der Waals surface area contributed by atoms with Gasteiger partial charge in [0.25, 0.3) is 0 Å². The Bertz CT molecular complexity index is 2090. The fourth-order valence-corrected chi connectivity index (χ4v) is 13.3. The Morgan fingerprint density at radius 1 is 0.406 bits per heavy atom. The van der Waals surface area contributed by atoms with Crippen LogP contribution in [0.3, 0.4) is 0 Å². The molecule has 0 radical (unpaired) electrons. The molecule has 3 amide bonds. The van der Waals surface area contributed by atoms with Crippen molar-refractivity contribution < 1.29 is 100 Å². The minimum absolute atomic E-state index is 0.0118. The number of carbonyl (C=O) groups is 5. The number of phosphoric ester groups is 2. The number of aliphatic hydroxyl groups is 2. The third kappa shape index (κ3) is 45.4. The lowest BCUT2D eigenvalue weighted by Gasteiger charge is -2.47. The molecule has 2 fully saturated rings. The van der Waals surface area contributed by atoms with Crippen LogP contribution in [-0.4, -0.2) is 160 Å². The van der Waals surface area contributed by atoms with Gasteiger partial charge in [0.2, 0.25) is 17.7 Å². The monoisotopic (exact) mass is 1410 g/mol. The molecular formula is C70H133N3O21P2. The van der Waals surface area contributed by atoms with Crippen LogP contribution in [0.2, 0.25) is 0 Å². The molecule has 2 heterocycles. The highest BCUT2D eigenvalue weighted by atomic mass is 31.2. The van der Waals surface area contributed by atoms with Crippen LogP contribution >= 0.6 is 15.6 Å². The first kappa shape index (κ1) is 89.6. The molecule has 2 saturated heterocycles. The molecule has 0 saturated carbocycles. The number of amides is 3. The van der Waals surface area contributed by atoms with Gasteiger partial charge in [-0.15, -0.1) is 0 Å². The standard InChI is InChI=1S/C70H133N3O21P2/c1-5-9-13-17-21-25-27-30-34-38-42-48-60(77)72-63-67(93-62(79)53-71-59(76)47-41-37-33-29-23-19-15-11-7-3)65(80)58(92-69(63)88-51-52-90-95(81,82)83)55-89-70-64(73-61(78)49-43-39-35-31-28-26-22-18-14-10-6-2)68(66(57(54-74)91-70)94-96(84,85)86)87-50-44-46-56(75)45-40-36-32-24-20-16-12-8-4/h57-58,63-70,74,80H,5-55H2,1-4H3,(H,71,76)(H,72,77)(H,73,78)(H2,81,82,83)(H2,84,85,86)/t57-,58-,63-,64-,65-,66-,67-,68-,69+,70-/m1/s1. The van der Waals surface area contributed by atoms with E-state index in [1.807, 2.05) is 0 Å². The minimum Gasteiger partial charge on any atom is -0.456 e. The maximum atomic E-state index is 14.1. The van der Waals surface area contributed by atoms with Gasteiger partial charge in [-0.05, 0) is 32.1 Å². The van der Waals surface area contributed by atoms with Crippen molar-refractivity contribution in [1.29, 1.82) is 0 Å². The van der Waals surface area contributed by atoms with E-state index < -0.39 is 134 Å². The number of ether oxygens (including phenoxy) is 6. The van der Waals surface area contributed by atoms with Gasteiger partial charge in [0.15, 0.2) is 18.7 Å². The molecule has 2 aliphatic heterocycles. The lowest BCUT2D eigenvalue weighted by Crippen LogP contribution is -2.68. The van der Waals surface area contributed by atoms with Crippen molar-refractivity contribution in [3.63, 3.8) is 0 Å². The minimum atomic E-state index is -5.37. The van der Waals surface area contributed by atoms with Gasteiger partial charge in [-0.1, -0.05) is 252 Å². The van der Waals surface area contributed by atoms with E-state index in [0.717, 1.165) is 128 Å². The van der Waals surface area contributed by atoms with Gasteiger partial charge >= 0.3 is 21.6 Å². The Morgan fingerprint density at radius 3 is 1.20 bits per heavy atom. The van der Waals surface area contributed by atoms with Crippen molar-refractivity contribution in [1.82, 2.24) is 16.0 Å². The summed E-state index contributed by atoms with van der Waals surface area (Å²) < 4.78 is 71.5. The highest BCUT2D eigenvalue weighted by Crippen LogP contribution is 2.43. The summed E-state index contributed by atoms with van der Waals surface area (Å²) in [6, 6.07) is -2.92. The van der Waals surface area contributed by atoms with E-state index in [1.165, 1.54) is 103 Å². The number of esters is 1. The van der Waals surface area contributed by atoms with E-state index in [2.05, 4.69) is 48.2 Å². The van der Waals surface area contributed by atoms with E-state index >= 15 is 0 Å². The summed E-state index contributed by atoms with van der Waals surface area (Å²) in [6.07, 6.45) is 28.5. The number of ketones is 1. The van der Waals surface area contributed by atoms with Crippen LogP contribution in [0.15, 0.2) is 0 Å². The molecule has 0 aromatic rings. The number of aliphatic hydroxyl groups excluding tert-OH is 2. The first-order valence-corrected chi connectivity index (χ1v) is 40.8. The van der Waals surface area contributed by atoms with Gasteiger partial charge in [-0.2, -0.15) is 0 Å². The van der Waals surface area contributed by atoms with Crippen LogP contribution < -0.4 is 16.0 Å². The fourth-order valence-electron chi connectivity index (χ4n) is 12.4. The first-order valence-electron chi connectivity index (χ1n) is 37.7. The third-order valence-electron chi connectivity index (χ3n) is 17.9. The molecule has 9 N–H and O–H groups in total. The SMILES string of the molecule is CCCCCCCCCCCCCC(=O)N[C@H]1[C@H](OC[C@H]2O[C@H](OCCOP(=O)(O)O)[C@H](NC(=O)CCCCCCCCCCCCC)[C@@H](OC(=O)CNC(=O)CCCCCCCCCCC)[C@@H]2O)O[C@H](CO)[C@@H](OP(=O)(O)O)[C@@H]1OCCCC(=O)CCCCCCCCCC. The van der Waals surface area contributed by atoms with Crippen molar-refractivity contribution in [2.75, 3.05) is 39.6 Å². The number of hydrogen-bond donors (Lipinski definition) is 9. The van der Waals surface area contributed by atoms with Crippen LogP contribution in [-0.2, 0) is 70.6 Å². The zero-order valence-electron chi connectivity index (χ0n) is 59.5.